The number of aromatic nitrogens is 4. The standard InChI is InChI=1S/C18H18N6O/c1-25-7-6-20-16-9-13(12-4-5-21-18(12)24-16)11-2-3-15-14(8-11)17(19)23-10-22-15/h2-5,8-10H,6-7H2,1H3,(H2,19,22,23)(H2,20,21,24). The van der Waals surface area contributed by atoms with Crippen molar-refractivity contribution in [3.05, 3.63) is 42.9 Å². The lowest BCUT2D eigenvalue weighted by molar-refractivity contribution is 0.210. The molecule has 3 heterocycles. The van der Waals surface area contributed by atoms with E-state index in [1.54, 1.807) is 7.11 Å². The zero-order chi connectivity index (χ0) is 17.2. The average Bonchev–Trinajstić information content (AvgIpc) is 3.10. The fraction of sp³-hybridized carbons (Fsp3) is 0.167. The summed E-state index contributed by atoms with van der Waals surface area (Å²) in [6.45, 7) is 1.30. The minimum absolute atomic E-state index is 0.477. The van der Waals surface area contributed by atoms with Crippen LogP contribution in [0.3, 0.4) is 0 Å². The van der Waals surface area contributed by atoms with Gasteiger partial charge in [-0.3, -0.25) is 0 Å². The second kappa shape index (κ2) is 6.37. The second-order valence-electron chi connectivity index (χ2n) is 5.71. The van der Waals surface area contributed by atoms with E-state index in [0.29, 0.717) is 19.0 Å². The number of nitrogen functional groups attached to an aromatic ring is 1. The molecule has 0 aliphatic heterocycles. The number of pyridine rings is 1. The maximum Gasteiger partial charge on any atom is 0.140 e. The molecule has 1 aromatic carbocycles. The molecule has 0 saturated carbocycles. The van der Waals surface area contributed by atoms with Gasteiger partial charge in [0.2, 0.25) is 0 Å². The number of H-pyrrole nitrogens is 1. The van der Waals surface area contributed by atoms with Gasteiger partial charge in [-0.1, -0.05) is 6.07 Å². The molecule has 7 heteroatoms. The number of benzene rings is 1. The molecule has 0 unspecified atom stereocenters. The smallest absolute Gasteiger partial charge is 0.140 e. The third-order valence-electron chi connectivity index (χ3n) is 4.12. The maximum atomic E-state index is 6.01. The third kappa shape index (κ3) is 2.85. The van der Waals surface area contributed by atoms with Crippen LogP contribution in [0, 0.1) is 0 Å². The molecule has 126 valence electrons. The number of hydrogen-bond donors (Lipinski definition) is 3. The molecule has 0 bridgehead atoms. The first-order valence-electron chi connectivity index (χ1n) is 7.98. The van der Waals surface area contributed by atoms with E-state index in [9.17, 15) is 0 Å². The molecule has 0 fully saturated rings. The molecule has 0 aliphatic carbocycles. The first-order valence-corrected chi connectivity index (χ1v) is 7.98. The minimum Gasteiger partial charge on any atom is -0.383 e. The molecule has 0 atom stereocenters. The Morgan fingerprint density at radius 2 is 2.08 bits per heavy atom. The van der Waals surface area contributed by atoms with Crippen LogP contribution in [0.25, 0.3) is 33.1 Å². The normalized spacial score (nSPS) is 11.2. The van der Waals surface area contributed by atoms with Gasteiger partial charge in [-0.15, -0.1) is 0 Å². The van der Waals surface area contributed by atoms with Gasteiger partial charge in [0.25, 0.3) is 0 Å². The van der Waals surface area contributed by atoms with E-state index in [1.165, 1.54) is 6.33 Å². The molecule has 25 heavy (non-hydrogen) atoms. The van der Waals surface area contributed by atoms with Crippen LogP contribution in [0.2, 0.25) is 0 Å². The lowest BCUT2D eigenvalue weighted by Crippen LogP contribution is -2.08. The predicted molar refractivity (Wildman–Crippen MR) is 99.4 cm³/mol. The molecule has 0 aliphatic rings. The number of nitrogens with zero attached hydrogens (tertiary/aromatic N) is 3. The molecular weight excluding hydrogens is 316 g/mol. The number of anilines is 2. The Labute approximate surface area is 144 Å². The quantitative estimate of drug-likeness (QED) is 0.485. The first-order chi connectivity index (χ1) is 12.3. The topological polar surface area (TPSA) is 102 Å². The number of aromatic amines is 1. The van der Waals surface area contributed by atoms with Crippen molar-refractivity contribution in [2.24, 2.45) is 0 Å². The van der Waals surface area contributed by atoms with Crippen molar-refractivity contribution in [3.8, 4) is 11.1 Å². The van der Waals surface area contributed by atoms with Crippen molar-refractivity contribution in [2.75, 3.05) is 31.3 Å². The van der Waals surface area contributed by atoms with E-state index in [0.717, 1.165) is 38.9 Å². The number of methoxy groups -OCH3 is 1. The molecule has 0 saturated heterocycles. The number of rotatable bonds is 5. The van der Waals surface area contributed by atoms with Gasteiger partial charge in [-0.2, -0.15) is 0 Å². The molecule has 4 rings (SSSR count). The van der Waals surface area contributed by atoms with Crippen molar-refractivity contribution in [2.45, 2.75) is 0 Å². The van der Waals surface area contributed by atoms with Crippen LogP contribution < -0.4 is 11.1 Å². The highest BCUT2D eigenvalue weighted by atomic mass is 16.5. The Hall–Kier alpha value is -3.19. The van der Waals surface area contributed by atoms with Gasteiger partial charge in [-0.05, 0) is 35.4 Å². The van der Waals surface area contributed by atoms with Crippen molar-refractivity contribution in [3.63, 3.8) is 0 Å². The van der Waals surface area contributed by atoms with E-state index in [4.69, 9.17) is 10.5 Å². The Morgan fingerprint density at radius 3 is 2.96 bits per heavy atom. The minimum atomic E-state index is 0.477. The van der Waals surface area contributed by atoms with Gasteiger partial charge in [0.15, 0.2) is 0 Å². The van der Waals surface area contributed by atoms with Crippen LogP contribution in [-0.2, 0) is 4.74 Å². The van der Waals surface area contributed by atoms with Gasteiger partial charge in [-0.25, -0.2) is 15.0 Å². The lowest BCUT2D eigenvalue weighted by atomic mass is 10.0. The van der Waals surface area contributed by atoms with Gasteiger partial charge in [0.1, 0.15) is 23.6 Å². The van der Waals surface area contributed by atoms with Crippen LogP contribution in [0.1, 0.15) is 0 Å². The summed E-state index contributed by atoms with van der Waals surface area (Å²) in [6.07, 6.45) is 3.37. The lowest BCUT2D eigenvalue weighted by Gasteiger charge is -2.10. The fourth-order valence-corrected chi connectivity index (χ4v) is 2.89. The SMILES string of the molecule is COCCNc1cc(-c2ccc3ncnc(N)c3c2)c2cc[nH]c2n1. The largest absolute Gasteiger partial charge is 0.383 e. The first kappa shape index (κ1) is 15.3. The molecular formula is C18H18N6O. The summed E-state index contributed by atoms with van der Waals surface area (Å²) >= 11 is 0. The molecule has 0 radical (unpaired) electrons. The monoisotopic (exact) mass is 334 g/mol. The summed E-state index contributed by atoms with van der Waals surface area (Å²) in [5, 5.41) is 5.17. The van der Waals surface area contributed by atoms with Crippen molar-refractivity contribution >= 4 is 33.6 Å². The van der Waals surface area contributed by atoms with Crippen LogP contribution in [-0.4, -0.2) is 40.2 Å². The number of nitrogens with one attached hydrogen (secondary N) is 2. The van der Waals surface area contributed by atoms with Crippen LogP contribution in [0.5, 0.6) is 0 Å². The number of ether oxygens (including phenoxy) is 1. The number of fused-ring (bicyclic) bond motifs is 2. The van der Waals surface area contributed by atoms with Gasteiger partial charge < -0.3 is 20.8 Å². The van der Waals surface area contributed by atoms with E-state index in [1.807, 2.05) is 36.5 Å². The summed E-state index contributed by atoms with van der Waals surface area (Å²) in [5.41, 5.74) is 9.77. The maximum absolute atomic E-state index is 6.01. The summed E-state index contributed by atoms with van der Waals surface area (Å²) < 4.78 is 5.09. The van der Waals surface area contributed by atoms with Gasteiger partial charge >= 0.3 is 0 Å². The summed E-state index contributed by atoms with van der Waals surface area (Å²) in [7, 11) is 1.68. The highest BCUT2D eigenvalue weighted by molar-refractivity contribution is 5.98. The highest BCUT2D eigenvalue weighted by Crippen LogP contribution is 2.32. The van der Waals surface area contributed by atoms with Crippen LogP contribution in [0.15, 0.2) is 42.9 Å². The van der Waals surface area contributed by atoms with E-state index < -0.39 is 0 Å². The Bertz CT molecular complexity index is 1040. The summed E-state index contributed by atoms with van der Waals surface area (Å²) in [4.78, 5) is 16.1. The Balaban J connectivity index is 1.84. The molecule has 4 aromatic rings. The second-order valence-corrected chi connectivity index (χ2v) is 5.71. The predicted octanol–water partition coefficient (Wildman–Crippen LogP) is 2.81. The van der Waals surface area contributed by atoms with E-state index >= 15 is 0 Å². The number of nitrogens with two attached hydrogens (primary N) is 1. The number of hydrogen-bond acceptors (Lipinski definition) is 6. The van der Waals surface area contributed by atoms with Crippen molar-refractivity contribution < 1.29 is 4.74 Å². The van der Waals surface area contributed by atoms with Crippen LogP contribution >= 0.6 is 0 Å². The molecule has 7 nitrogen and oxygen atoms in total. The van der Waals surface area contributed by atoms with Gasteiger partial charge in [0.05, 0.1) is 12.1 Å². The highest BCUT2D eigenvalue weighted by Gasteiger charge is 2.11. The van der Waals surface area contributed by atoms with Crippen LogP contribution in [0.4, 0.5) is 11.6 Å². The molecule has 4 N–H and O–H groups in total. The fourth-order valence-electron chi connectivity index (χ4n) is 2.89. The van der Waals surface area contributed by atoms with Gasteiger partial charge in [0, 0.05) is 30.6 Å². The molecule has 3 aromatic heterocycles. The zero-order valence-electron chi connectivity index (χ0n) is 13.8. The average molecular weight is 334 g/mol. The molecule has 0 spiro atoms. The summed E-state index contributed by atoms with van der Waals surface area (Å²) in [5.74, 6) is 1.27. The van der Waals surface area contributed by atoms with E-state index in [2.05, 4.69) is 25.3 Å². The Morgan fingerprint density at radius 1 is 1.16 bits per heavy atom. The van der Waals surface area contributed by atoms with Crippen molar-refractivity contribution in [1.82, 2.24) is 19.9 Å². The summed E-state index contributed by atoms with van der Waals surface area (Å²) in [6, 6.07) is 10.1. The van der Waals surface area contributed by atoms with E-state index in [-0.39, 0.29) is 0 Å². The van der Waals surface area contributed by atoms with Crippen molar-refractivity contribution in [1.29, 1.82) is 0 Å². The zero-order valence-corrected chi connectivity index (χ0v) is 13.8. The third-order valence-corrected chi connectivity index (χ3v) is 4.12. The Kier molecular flexibility index (Phi) is 3.91. The molecule has 0 amide bonds.